The molecule has 6 rings (SSSR count). The Bertz CT molecular complexity index is 1290. The van der Waals surface area contributed by atoms with Crippen LogP contribution in [0, 0.1) is 11.6 Å². The molecule has 0 atom stereocenters. The number of piperidine rings is 1. The summed E-state index contributed by atoms with van der Waals surface area (Å²) in [6.07, 6.45) is 6.40. The van der Waals surface area contributed by atoms with Crippen molar-refractivity contribution < 1.29 is 27.7 Å². The van der Waals surface area contributed by atoms with E-state index in [1.165, 1.54) is 25.6 Å². The summed E-state index contributed by atoms with van der Waals surface area (Å²) < 4.78 is 52.1. The fraction of sp³-hybridized carbons (Fsp3) is 0.429. The largest absolute Gasteiger partial charge is 0.494 e. The molecule has 200 valence electrons. The molecule has 0 radical (unpaired) electrons. The predicted molar refractivity (Wildman–Crippen MR) is 137 cm³/mol. The molecule has 3 aliphatic rings. The summed E-state index contributed by atoms with van der Waals surface area (Å²) in [4.78, 5) is 10.9. The zero-order chi connectivity index (χ0) is 26.1. The maximum absolute atomic E-state index is 15.0. The van der Waals surface area contributed by atoms with Gasteiger partial charge in [-0.15, -0.1) is 0 Å². The van der Waals surface area contributed by atoms with Crippen molar-refractivity contribution in [1.82, 2.24) is 9.97 Å². The van der Waals surface area contributed by atoms with Gasteiger partial charge in [0.2, 0.25) is 5.95 Å². The highest BCUT2D eigenvalue weighted by Gasteiger charge is 2.39. The minimum absolute atomic E-state index is 0.0224. The molecule has 1 saturated carbocycles. The van der Waals surface area contributed by atoms with Gasteiger partial charge in [0, 0.05) is 37.3 Å². The van der Waals surface area contributed by atoms with Crippen LogP contribution in [0.15, 0.2) is 42.7 Å². The van der Waals surface area contributed by atoms with Gasteiger partial charge in [-0.1, -0.05) is 6.07 Å². The van der Waals surface area contributed by atoms with Crippen LogP contribution < -0.4 is 19.7 Å². The van der Waals surface area contributed by atoms with E-state index in [1.54, 1.807) is 0 Å². The third-order valence-corrected chi connectivity index (χ3v) is 7.34. The highest BCUT2D eigenvalue weighted by atomic mass is 19.1. The van der Waals surface area contributed by atoms with E-state index in [1.807, 2.05) is 18.2 Å². The Balaban J connectivity index is 1.08. The highest BCUT2D eigenvalue weighted by Crippen LogP contribution is 2.44. The SMILES string of the molecule is COc1cc(C2CC2)c(F)c(COc2cnc(Nc3cccc(N4CCC5(CC4)OCCO5)c3)nc2)c1F. The van der Waals surface area contributed by atoms with Crippen molar-refractivity contribution in [2.75, 3.05) is 43.6 Å². The average Bonchev–Trinajstić information content (AvgIpc) is 3.69. The summed E-state index contributed by atoms with van der Waals surface area (Å²) in [6.45, 7) is 2.74. The summed E-state index contributed by atoms with van der Waals surface area (Å²) in [5.74, 6) is -0.912. The highest BCUT2D eigenvalue weighted by molar-refractivity contribution is 5.62. The molecule has 2 saturated heterocycles. The van der Waals surface area contributed by atoms with Crippen molar-refractivity contribution in [3.8, 4) is 11.5 Å². The van der Waals surface area contributed by atoms with Crippen LogP contribution in [0.5, 0.6) is 11.5 Å². The van der Waals surface area contributed by atoms with Crippen LogP contribution in [-0.2, 0) is 16.1 Å². The van der Waals surface area contributed by atoms with Gasteiger partial charge in [-0.2, -0.15) is 0 Å². The predicted octanol–water partition coefficient (Wildman–Crippen LogP) is 5.31. The molecule has 2 aliphatic heterocycles. The number of nitrogens with one attached hydrogen (secondary N) is 1. The fourth-order valence-electron chi connectivity index (χ4n) is 5.07. The van der Waals surface area contributed by atoms with Gasteiger partial charge < -0.3 is 29.2 Å². The average molecular weight is 525 g/mol. The molecule has 1 aromatic heterocycles. The molecule has 10 heteroatoms. The summed E-state index contributed by atoms with van der Waals surface area (Å²) >= 11 is 0. The van der Waals surface area contributed by atoms with Gasteiger partial charge in [-0.25, -0.2) is 18.7 Å². The number of rotatable bonds is 8. The second kappa shape index (κ2) is 10.3. The van der Waals surface area contributed by atoms with E-state index in [9.17, 15) is 8.78 Å². The molecule has 1 N–H and O–H groups in total. The Kier molecular flexibility index (Phi) is 6.75. The molecule has 3 heterocycles. The first-order valence-corrected chi connectivity index (χ1v) is 12.9. The van der Waals surface area contributed by atoms with E-state index in [-0.39, 0.29) is 23.8 Å². The molecule has 0 amide bonds. The van der Waals surface area contributed by atoms with Crippen LogP contribution in [0.25, 0.3) is 0 Å². The van der Waals surface area contributed by atoms with Gasteiger partial charge in [0.1, 0.15) is 12.4 Å². The molecule has 2 aromatic carbocycles. The molecule has 3 fully saturated rings. The number of aromatic nitrogens is 2. The Labute approximate surface area is 219 Å². The zero-order valence-electron chi connectivity index (χ0n) is 21.2. The van der Waals surface area contributed by atoms with E-state index >= 15 is 0 Å². The number of halogens is 2. The summed E-state index contributed by atoms with van der Waals surface area (Å²) in [5.41, 5.74) is 2.26. The van der Waals surface area contributed by atoms with Gasteiger partial charge in [0.05, 0.1) is 38.3 Å². The lowest BCUT2D eigenvalue weighted by Gasteiger charge is -2.38. The van der Waals surface area contributed by atoms with Crippen molar-refractivity contribution in [3.05, 3.63) is 65.5 Å². The summed E-state index contributed by atoms with van der Waals surface area (Å²) in [7, 11) is 1.37. The van der Waals surface area contributed by atoms with Crippen molar-refractivity contribution in [2.45, 2.75) is 44.0 Å². The van der Waals surface area contributed by atoms with Crippen molar-refractivity contribution in [1.29, 1.82) is 0 Å². The molecule has 3 aromatic rings. The van der Waals surface area contributed by atoms with Crippen molar-refractivity contribution in [2.24, 2.45) is 0 Å². The molecule has 1 spiro atoms. The number of ether oxygens (including phenoxy) is 4. The van der Waals surface area contributed by atoms with Gasteiger partial charge in [0.15, 0.2) is 23.1 Å². The summed E-state index contributed by atoms with van der Waals surface area (Å²) in [5, 5.41) is 3.20. The Hall–Kier alpha value is -3.50. The third kappa shape index (κ3) is 5.10. The van der Waals surface area contributed by atoms with E-state index in [0.717, 1.165) is 50.1 Å². The maximum atomic E-state index is 15.0. The molecular weight excluding hydrogens is 494 g/mol. The number of methoxy groups -OCH3 is 1. The summed E-state index contributed by atoms with van der Waals surface area (Å²) in [6, 6.07) is 9.49. The molecule has 0 unspecified atom stereocenters. The van der Waals surface area contributed by atoms with Crippen LogP contribution in [0.4, 0.5) is 26.1 Å². The number of benzene rings is 2. The van der Waals surface area contributed by atoms with Crippen LogP contribution in [0.2, 0.25) is 0 Å². The first-order chi connectivity index (χ1) is 18.5. The van der Waals surface area contributed by atoms with E-state index < -0.39 is 17.4 Å². The standard InChI is InChI=1S/C28H30F2N4O4/c1-35-24-14-22(18-5-6-18)25(29)23(26(24)30)17-36-21-15-31-27(32-16-21)33-19-3-2-4-20(13-19)34-9-7-28(8-10-34)37-11-12-38-28/h2-4,13-16,18H,5-12,17H2,1H3,(H,31,32,33). The number of anilines is 3. The molecular formula is C28H30F2N4O4. The normalized spacial score (nSPS) is 18.6. The van der Waals surface area contributed by atoms with Gasteiger partial charge in [0.25, 0.3) is 0 Å². The molecule has 38 heavy (non-hydrogen) atoms. The molecule has 0 bridgehead atoms. The Morgan fingerprint density at radius 2 is 1.79 bits per heavy atom. The molecule has 8 nitrogen and oxygen atoms in total. The van der Waals surface area contributed by atoms with Crippen LogP contribution in [-0.4, -0.2) is 49.2 Å². The zero-order valence-corrected chi connectivity index (χ0v) is 21.2. The number of hydrogen-bond acceptors (Lipinski definition) is 8. The van der Waals surface area contributed by atoms with E-state index in [0.29, 0.717) is 30.5 Å². The quantitative estimate of drug-likeness (QED) is 0.425. The second-order valence-electron chi connectivity index (χ2n) is 9.85. The lowest BCUT2D eigenvalue weighted by Crippen LogP contribution is -2.45. The van der Waals surface area contributed by atoms with Crippen LogP contribution in [0.3, 0.4) is 0 Å². The first kappa shape index (κ1) is 24.8. The first-order valence-electron chi connectivity index (χ1n) is 12.9. The van der Waals surface area contributed by atoms with Crippen molar-refractivity contribution in [3.63, 3.8) is 0 Å². The third-order valence-electron chi connectivity index (χ3n) is 7.34. The monoisotopic (exact) mass is 524 g/mol. The van der Waals surface area contributed by atoms with Crippen LogP contribution in [0.1, 0.15) is 42.7 Å². The van der Waals surface area contributed by atoms with E-state index in [2.05, 4.69) is 26.3 Å². The minimum Gasteiger partial charge on any atom is -0.494 e. The van der Waals surface area contributed by atoms with Crippen molar-refractivity contribution >= 4 is 17.3 Å². The second-order valence-corrected chi connectivity index (χ2v) is 9.85. The number of hydrogen-bond donors (Lipinski definition) is 1. The smallest absolute Gasteiger partial charge is 0.227 e. The lowest BCUT2D eigenvalue weighted by atomic mass is 10.0. The molecule has 1 aliphatic carbocycles. The van der Waals surface area contributed by atoms with Gasteiger partial charge in [-0.05, 0) is 48.6 Å². The van der Waals surface area contributed by atoms with Crippen LogP contribution >= 0.6 is 0 Å². The maximum Gasteiger partial charge on any atom is 0.227 e. The van der Waals surface area contributed by atoms with Gasteiger partial charge >= 0.3 is 0 Å². The number of nitrogens with zero attached hydrogens (tertiary/aromatic N) is 3. The Morgan fingerprint density at radius 3 is 2.47 bits per heavy atom. The lowest BCUT2D eigenvalue weighted by molar-refractivity contribution is -0.169. The Morgan fingerprint density at radius 1 is 1.05 bits per heavy atom. The minimum atomic E-state index is -0.749. The van der Waals surface area contributed by atoms with E-state index in [4.69, 9.17) is 18.9 Å². The fourth-order valence-corrected chi connectivity index (χ4v) is 5.07. The topological polar surface area (TPSA) is 78.0 Å². The van der Waals surface area contributed by atoms with Gasteiger partial charge in [-0.3, -0.25) is 0 Å².